The van der Waals surface area contributed by atoms with Crippen molar-refractivity contribution < 1.29 is 14.3 Å². The first-order valence-electron chi connectivity index (χ1n) is 9.11. The molecule has 0 fully saturated rings. The van der Waals surface area contributed by atoms with E-state index < -0.39 is 6.04 Å². The van der Waals surface area contributed by atoms with Crippen molar-refractivity contribution in [3.8, 4) is 5.75 Å². The van der Waals surface area contributed by atoms with E-state index in [1.165, 1.54) is 0 Å². The molecule has 0 aliphatic rings. The zero-order valence-electron chi connectivity index (χ0n) is 15.9. The second-order valence-corrected chi connectivity index (χ2v) is 6.81. The Morgan fingerprint density at radius 2 is 1.69 bits per heavy atom. The summed E-state index contributed by atoms with van der Waals surface area (Å²) >= 11 is 6.14. The Balaban J connectivity index is 1.76. The maximum atomic E-state index is 12.7. The largest absolute Gasteiger partial charge is 0.497 e. The first-order chi connectivity index (χ1) is 14.1. The van der Waals surface area contributed by atoms with Gasteiger partial charge < -0.3 is 15.4 Å². The number of hydrogen-bond acceptors (Lipinski definition) is 3. The van der Waals surface area contributed by atoms with E-state index in [9.17, 15) is 9.59 Å². The zero-order valence-corrected chi connectivity index (χ0v) is 16.6. The summed E-state index contributed by atoms with van der Waals surface area (Å²) in [5.74, 6) is 0.0830. The Bertz CT molecular complexity index is 992. The minimum Gasteiger partial charge on any atom is -0.497 e. The number of rotatable bonds is 7. The molecule has 2 N–H and O–H groups in total. The number of carbonyl (C=O) groups excluding carboxylic acids is 2. The van der Waals surface area contributed by atoms with E-state index >= 15 is 0 Å². The van der Waals surface area contributed by atoms with Crippen LogP contribution in [-0.4, -0.2) is 18.9 Å². The maximum absolute atomic E-state index is 12.7. The number of carbonyl (C=O) groups is 2. The van der Waals surface area contributed by atoms with Crippen molar-refractivity contribution in [1.82, 2.24) is 5.32 Å². The van der Waals surface area contributed by atoms with Gasteiger partial charge in [-0.2, -0.15) is 0 Å². The highest BCUT2D eigenvalue weighted by Crippen LogP contribution is 2.22. The molecule has 148 valence electrons. The lowest BCUT2D eigenvalue weighted by atomic mass is 10.0. The van der Waals surface area contributed by atoms with Crippen molar-refractivity contribution in [3.63, 3.8) is 0 Å². The normalized spacial score (nSPS) is 11.4. The number of amides is 2. The first kappa shape index (κ1) is 20.4. The van der Waals surface area contributed by atoms with Crippen LogP contribution in [0.25, 0.3) is 0 Å². The van der Waals surface area contributed by atoms with Crippen molar-refractivity contribution in [2.24, 2.45) is 0 Å². The van der Waals surface area contributed by atoms with Gasteiger partial charge in [-0.15, -0.1) is 0 Å². The van der Waals surface area contributed by atoms with Crippen molar-refractivity contribution in [1.29, 1.82) is 0 Å². The van der Waals surface area contributed by atoms with Crippen molar-refractivity contribution in [3.05, 3.63) is 95.0 Å². The summed E-state index contributed by atoms with van der Waals surface area (Å²) in [6, 6.07) is 22.8. The molecule has 2 amide bonds. The van der Waals surface area contributed by atoms with E-state index in [0.29, 0.717) is 22.0 Å². The summed E-state index contributed by atoms with van der Waals surface area (Å²) in [4.78, 5) is 25.4. The molecule has 0 radical (unpaired) electrons. The van der Waals surface area contributed by atoms with Crippen molar-refractivity contribution in [2.45, 2.75) is 12.5 Å². The molecule has 1 atom stereocenters. The lowest BCUT2D eigenvalue weighted by Crippen LogP contribution is -2.31. The number of hydrogen-bond donors (Lipinski definition) is 2. The Kier molecular flexibility index (Phi) is 6.87. The van der Waals surface area contributed by atoms with Gasteiger partial charge in [-0.25, -0.2) is 0 Å². The van der Waals surface area contributed by atoms with Gasteiger partial charge in [0.25, 0.3) is 5.91 Å². The molecule has 0 aromatic heterocycles. The van der Waals surface area contributed by atoms with Crippen LogP contribution in [0.15, 0.2) is 78.9 Å². The highest BCUT2D eigenvalue weighted by molar-refractivity contribution is 6.33. The summed E-state index contributed by atoms with van der Waals surface area (Å²) in [7, 11) is 1.57. The van der Waals surface area contributed by atoms with Gasteiger partial charge in [0.05, 0.1) is 30.2 Å². The Morgan fingerprint density at radius 1 is 0.966 bits per heavy atom. The standard InChI is InChI=1S/C23H21ClN2O3/c1-29-18-11-7-10-17(14-18)25-22(27)15-21(16-8-3-2-4-9-16)26-23(28)19-12-5-6-13-20(19)24/h2-14,21H,15H2,1H3,(H,25,27)(H,26,28). The van der Waals surface area contributed by atoms with E-state index in [-0.39, 0.29) is 18.2 Å². The van der Waals surface area contributed by atoms with Crippen LogP contribution in [0, 0.1) is 0 Å². The molecule has 3 aromatic rings. The third-order valence-corrected chi connectivity index (χ3v) is 4.70. The van der Waals surface area contributed by atoms with Gasteiger partial charge >= 0.3 is 0 Å². The fourth-order valence-electron chi connectivity index (χ4n) is 2.92. The molecule has 6 heteroatoms. The Labute approximate surface area is 174 Å². The van der Waals surface area contributed by atoms with Gasteiger partial charge in [0, 0.05) is 11.8 Å². The minimum absolute atomic E-state index is 0.0669. The number of halogens is 1. The van der Waals surface area contributed by atoms with Crippen molar-refractivity contribution >= 4 is 29.1 Å². The van der Waals surface area contributed by atoms with Crippen LogP contribution in [0.2, 0.25) is 5.02 Å². The molecule has 0 saturated heterocycles. The smallest absolute Gasteiger partial charge is 0.253 e. The van der Waals surface area contributed by atoms with Crippen LogP contribution in [0.4, 0.5) is 5.69 Å². The molecule has 3 rings (SSSR count). The van der Waals surface area contributed by atoms with E-state index in [0.717, 1.165) is 5.56 Å². The minimum atomic E-state index is -0.509. The molecule has 0 aliphatic heterocycles. The zero-order chi connectivity index (χ0) is 20.6. The molecule has 5 nitrogen and oxygen atoms in total. The fraction of sp³-hybridized carbons (Fsp3) is 0.130. The highest BCUT2D eigenvalue weighted by atomic mass is 35.5. The van der Waals surface area contributed by atoms with Crippen LogP contribution < -0.4 is 15.4 Å². The molecular weight excluding hydrogens is 388 g/mol. The van der Waals surface area contributed by atoms with Crippen LogP contribution in [0.3, 0.4) is 0 Å². The average molecular weight is 409 g/mol. The summed E-state index contributed by atoms with van der Waals surface area (Å²) in [5, 5.41) is 6.12. The number of nitrogens with one attached hydrogen (secondary N) is 2. The first-order valence-corrected chi connectivity index (χ1v) is 9.49. The second kappa shape index (κ2) is 9.75. The van der Waals surface area contributed by atoms with Crippen LogP contribution in [0.1, 0.15) is 28.4 Å². The molecule has 0 spiro atoms. The third kappa shape index (κ3) is 5.59. The Morgan fingerprint density at radius 3 is 2.41 bits per heavy atom. The van der Waals surface area contributed by atoms with Crippen LogP contribution in [0.5, 0.6) is 5.75 Å². The molecular formula is C23H21ClN2O3. The second-order valence-electron chi connectivity index (χ2n) is 6.40. The molecule has 3 aromatic carbocycles. The Hall–Kier alpha value is -3.31. The highest BCUT2D eigenvalue weighted by Gasteiger charge is 2.20. The lowest BCUT2D eigenvalue weighted by molar-refractivity contribution is -0.116. The monoisotopic (exact) mass is 408 g/mol. The molecule has 0 aliphatic carbocycles. The third-order valence-electron chi connectivity index (χ3n) is 4.37. The number of ether oxygens (including phenoxy) is 1. The summed E-state index contributed by atoms with van der Waals surface area (Å²) in [6.07, 6.45) is 0.0669. The number of anilines is 1. The predicted octanol–water partition coefficient (Wildman–Crippen LogP) is 4.85. The maximum Gasteiger partial charge on any atom is 0.253 e. The van der Waals surface area contributed by atoms with Gasteiger partial charge in [0.2, 0.25) is 5.91 Å². The van der Waals surface area contributed by atoms with Gasteiger partial charge in [-0.1, -0.05) is 60.1 Å². The topological polar surface area (TPSA) is 67.4 Å². The predicted molar refractivity (Wildman–Crippen MR) is 114 cm³/mol. The molecule has 1 unspecified atom stereocenters. The summed E-state index contributed by atoms with van der Waals surface area (Å²) in [6.45, 7) is 0. The molecule has 0 bridgehead atoms. The quantitative estimate of drug-likeness (QED) is 0.587. The van der Waals surface area contributed by atoms with Crippen molar-refractivity contribution in [2.75, 3.05) is 12.4 Å². The van der Waals surface area contributed by atoms with Gasteiger partial charge in [0.15, 0.2) is 0 Å². The fourth-order valence-corrected chi connectivity index (χ4v) is 3.14. The lowest BCUT2D eigenvalue weighted by Gasteiger charge is -2.19. The summed E-state index contributed by atoms with van der Waals surface area (Å²) in [5.41, 5.74) is 1.82. The van der Waals surface area contributed by atoms with Crippen LogP contribution >= 0.6 is 11.6 Å². The SMILES string of the molecule is COc1cccc(NC(=O)CC(NC(=O)c2ccccc2Cl)c2ccccc2)c1. The number of methoxy groups -OCH3 is 1. The molecule has 29 heavy (non-hydrogen) atoms. The van der Waals surface area contributed by atoms with E-state index in [1.54, 1.807) is 55.6 Å². The van der Waals surface area contributed by atoms with E-state index in [4.69, 9.17) is 16.3 Å². The van der Waals surface area contributed by atoms with Gasteiger partial charge in [0.1, 0.15) is 5.75 Å². The molecule has 0 saturated carbocycles. The molecule has 0 heterocycles. The van der Waals surface area contributed by atoms with Crippen LogP contribution in [-0.2, 0) is 4.79 Å². The van der Waals surface area contributed by atoms with E-state index in [2.05, 4.69) is 10.6 Å². The number of benzene rings is 3. The van der Waals surface area contributed by atoms with Gasteiger partial charge in [-0.05, 0) is 29.8 Å². The van der Waals surface area contributed by atoms with Gasteiger partial charge in [-0.3, -0.25) is 9.59 Å². The van der Waals surface area contributed by atoms with E-state index in [1.807, 2.05) is 30.3 Å². The average Bonchev–Trinajstić information content (AvgIpc) is 2.74. The summed E-state index contributed by atoms with van der Waals surface area (Å²) < 4.78 is 5.18.